The number of nitrogens with two attached hydrogens (primary N) is 1. The zero-order chi connectivity index (χ0) is 28.2. The lowest BCUT2D eigenvalue weighted by Crippen LogP contribution is -2.44. The summed E-state index contributed by atoms with van der Waals surface area (Å²) < 4.78 is 33.5. The van der Waals surface area contributed by atoms with Gasteiger partial charge < -0.3 is 24.8 Å². The average Bonchev–Trinajstić information content (AvgIpc) is 3.35. The number of hydrogen-bond acceptors (Lipinski definition) is 8. The largest absolute Gasteiger partial charge is 0.476 e. The SMILES string of the molecule is CC1CCC2(Cc3nc(OCC45CCCN4CC(F)C5)cc(N4CCCOCC4)c3CO2)c2c1ccc(N)c2C#N. The Morgan fingerprint density at radius 3 is 3.00 bits per heavy atom. The van der Waals surface area contributed by atoms with Crippen molar-refractivity contribution in [2.24, 2.45) is 0 Å². The van der Waals surface area contributed by atoms with Gasteiger partial charge >= 0.3 is 0 Å². The van der Waals surface area contributed by atoms with Gasteiger partial charge in [0.05, 0.1) is 30.0 Å². The number of alkyl halides is 1. The van der Waals surface area contributed by atoms with E-state index < -0.39 is 11.8 Å². The van der Waals surface area contributed by atoms with Crippen molar-refractivity contribution in [1.29, 1.82) is 5.26 Å². The first-order valence-electron chi connectivity index (χ1n) is 15.3. The number of ether oxygens (including phenoxy) is 3. The molecule has 3 fully saturated rings. The van der Waals surface area contributed by atoms with E-state index in [1.165, 1.54) is 0 Å². The molecule has 1 aromatic heterocycles. The molecular weight excluding hydrogens is 521 g/mol. The van der Waals surface area contributed by atoms with Gasteiger partial charge in [0, 0.05) is 67.7 Å². The van der Waals surface area contributed by atoms with Crippen molar-refractivity contribution in [3.63, 3.8) is 0 Å². The van der Waals surface area contributed by atoms with Crippen LogP contribution in [0.3, 0.4) is 0 Å². The maximum atomic E-state index is 14.5. The van der Waals surface area contributed by atoms with Crippen molar-refractivity contribution in [1.82, 2.24) is 9.88 Å². The van der Waals surface area contributed by atoms with Crippen LogP contribution >= 0.6 is 0 Å². The highest BCUT2D eigenvalue weighted by Gasteiger charge is 2.50. The molecule has 8 nitrogen and oxygen atoms in total. The molecule has 4 atom stereocenters. The van der Waals surface area contributed by atoms with E-state index in [4.69, 9.17) is 24.9 Å². The van der Waals surface area contributed by atoms with E-state index in [9.17, 15) is 9.65 Å². The molecule has 4 aliphatic heterocycles. The van der Waals surface area contributed by atoms with Gasteiger partial charge in [-0.1, -0.05) is 13.0 Å². The maximum Gasteiger partial charge on any atom is 0.215 e. The Hall–Kier alpha value is -2.93. The number of anilines is 2. The molecule has 5 heterocycles. The normalized spacial score (nSPS) is 31.3. The lowest BCUT2D eigenvalue weighted by Gasteiger charge is -2.45. The number of rotatable bonds is 4. The molecule has 5 aliphatic rings. The molecule has 2 aromatic rings. The third-order valence-corrected chi connectivity index (χ3v) is 10.3. The van der Waals surface area contributed by atoms with E-state index in [1.807, 2.05) is 6.07 Å². The number of fused-ring (bicyclic) bond motifs is 4. The number of nitrogens with zero attached hydrogens (tertiary/aromatic N) is 4. The highest BCUT2D eigenvalue weighted by molar-refractivity contribution is 5.65. The number of nitrogen functional groups attached to an aromatic ring is 1. The predicted octanol–water partition coefficient (Wildman–Crippen LogP) is 4.58. The molecule has 218 valence electrons. The Balaban J connectivity index is 1.28. The summed E-state index contributed by atoms with van der Waals surface area (Å²) in [5, 5.41) is 10.2. The molecule has 3 saturated heterocycles. The highest BCUT2D eigenvalue weighted by Crippen LogP contribution is 2.51. The summed E-state index contributed by atoms with van der Waals surface area (Å²) in [4.78, 5) is 9.76. The van der Waals surface area contributed by atoms with Crippen LogP contribution in [0.2, 0.25) is 0 Å². The molecule has 0 amide bonds. The van der Waals surface area contributed by atoms with E-state index in [1.54, 1.807) is 0 Å². The van der Waals surface area contributed by atoms with Gasteiger partial charge in [-0.15, -0.1) is 0 Å². The zero-order valence-corrected chi connectivity index (χ0v) is 24.0. The first-order valence-corrected chi connectivity index (χ1v) is 15.3. The third-order valence-electron chi connectivity index (χ3n) is 10.3. The molecule has 1 spiro atoms. The molecule has 7 rings (SSSR count). The molecule has 1 aromatic carbocycles. The summed E-state index contributed by atoms with van der Waals surface area (Å²) in [6.07, 6.45) is 5.03. The quantitative estimate of drug-likeness (QED) is 0.542. The van der Waals surface area contributed by atoms with Crippen molar-refractivity contribution in [2.75, 3.05) is 56.6 Å². The van der Waals surface area contributed by atoms with Crippen molar-refractivity contribution in [3.05, 3.63) is 46.1 Å². The summed E-state index contributed by atoms with van der Waals surface area (Å²) in [6, 6.07) is 8.36. The molecule has 0 bridgehead atoms. The van der Waals surface area contributed by atoms with Crippen LogP contribution in [0, 0.1) is 11.3 Å². The molecule has 4 unspecified atom stereocenters. The monoisotopic (exact) mass is 561 g/mol. The molecule has 2 N–H and O–H groups in total. The van der Waals surface area contributed by atoms with Gasteiger partial charge in [0.15, 0.2) is 0 Å². The third kappa shape index (κ3) is 4.55. The van der Waals surface area contributed by atoms with Crippen LogP contribution in [-0.2, 0) is 28.1 Å². The van der Waals surface area contributed by atoms with Gasteiger partial charge in [-0.2, -0.15) is 5.26 Å². The van der Waals surface area contributed by atoms with E-state index in [0.717, 1.165) is 86.4 Å². The van der Waals surface area contributed by atoms with Gasteiger partial charge in [0.25, 0.3) is 0 Å². The molecular formula is C32H40FN5O3. The van der Waals surface area contributed by atoms with Crippen molar-refractivity contribution < 1.29 is 18.6 Å². The van der Waals surface area contributed by atoms with Crippen molar-refractivity contribution in [2.45, 2.75) is 81.7 Å². The zero-order valence-electron chi connectivity index (χ0n) is 24.0. The Bertz CT molecular complexity index is 1370. The summed E-state index contributed by atoms with van der Waals surface area (Å²) in [5.74, 6) is 0.907. The Morgan fingerprint density at radius 1 is 1.22 bits per heavy atom. The predicted molar refractivity (Wildman–Crippen MR) is 154 cm³/mol. The number of nitriles is 1. The second-order valence-corrected chi connectivity index (χ2v) is 12.7. The maximum absolute atomic E-state index is 14.5. The van der Waals surface area contributed by atoms with Crippen molar-refractivity contribution in [3.8, 4) is 11.9 Å². The Kier molecular flexibility index (Phi) is 6.84. The minimum Gasteiger partial charge on any atom is -0.476 e. The summed E-state index contributed by atoms with van der Waals surface area (Å²) in [5.41, 5.74) is 11.6. The number of hydrogen-bond donors (Lipinski definition) is 1. The minimum absolute atomic E-state index is 0.240. The lowest BCUT2D eigenvalue weighted by atomic mass is 9.69. The fraction of sp³-hybridized carbons (Fsp3) is 0.625. The van der Waals surface area contributed by atoms with E-state index in [-0.39, 0.29) is 5.54 Å². The first-order chi connectivity index (χ1) is 19.9. The second kappa shape index (κ2) is 10.4. The highest BCUT2D eigenvalue weighted by atomic mass is 19.1. The lowest BCUT2D eigenvalue weighted by molar-refractivity contribution is -0.0871. The van der Waals surface area contributed by atoms with Gasteiger partial charge in [0.1, 0.15) is 24.4 Å². The van der Waals surface area contributed by atoms with Gasteiger partial charge in [-0.25, -0.2) is 9.37 Å². The van der Waals surface area contributed by atoms with Crippen LogP contribution < -0.4 is 15.4 Å². The van der Waals surface area contributed by atoms with Crippen LogP contribution in [0.25, 0.3) is 0 Å². The number of aromatic nitrogens is 1. The van der Waals surface area contributed by atoms with Crippen LogP contribution in [0.15, 0.2) is 18.2 Å². The summed E-state index contributed by atoms with van der Waals surface area (Å²) >= 11 is 0. The first kappa shape index (κ1) is 26.9. The fourth-order valence-corrected chi connectivity index (χ4v) is 8.13. The smallest absolute Gasteiger partial charge is 0.215 e. The minimum atomic E-state index is -0.796. The molecule has 0 radical (unpaired) electrons. The van der Waals surface area contributed by atoms with Crippen LogP contribution in [0.1, 0.15) is 79.3 Å². The number of halogens is 1. The Labute approximate surface area is 241 Å². The summed E-state index contributed by atoms with van der Waals surface area (Å²) in [6.45, 7) is 7.59. The van der Waals surface area contributed by atoms with Crippen LogP contribution in [0.4, 0.5) is 15.8 Å². The van der Waals surface area contributed by atoms with Crippen molar-refractivity contribution >= 4 is 11.4 Å². The van der Waals surface area contributed by atoms with Gasteiger partial charge in [0.2, 0.25) is 5.88 Å². The number of pyridine rings is 1. The standard InChI is InChI=1S/C32H40FN5O3/c1-21-6-8-32(30-23(21)4-5-26(35)24(30)17-34)16-27-25(19-41-32)28(37-9-3-12-39-13-11-37)14-29(36-27)40-20-31-7-2-10-38(31)18-22(33)15-31/h4-5,14,21-22H,2-3,6-13,15-16,18-20,35H2,1H3. The number of benzene rings is 1. The molecule has 0 saturated carbocycles. The van der Waals surface area contributed by atoms with E-state index in [0.29, 0.717) is 62.3 Å². The Morgan fingerprint density at radius 2 is 2.12 bits per heavy atom. The van der Waals surface area contributed by atoms with Gasteiger partial charge in [-0.05, 0) is 56.2 Å². The van der Waals surface area contributed by atoms with Crippen LogP contribution in [-0.4, -0.2) is 67.6 Å². The molecule has 9 heteroatoms. The second-order valence-electron chi connectivity index (χ2n) is 12.7. The summed E-state index contributed by atoms with van der Waals surface area (Å²) in [7, 11) is 0. The van der Waals surface area contributed by atoms with E-state index >= 15 is 0 Å². The fourth-order valence-electron chi connectivity index (χ4n) is 8.13. The average molecular weight is 562 g/mol. The molecule has 1 aliphatic carbocycles. The van der Waals surface area contributed by atoms with Crippen LogP contribution in [0.5, 0.6) is 5.88 Å². The van der Waals surface area contributed by atoms with E-state index in [2.05, 4.69) is 34.9 Å². The topological polar surface area (TPSA) is 96.9 Å². The van der Waals surface area contributed by atoms with Gasteiger partial charge in [-0.3, -0.25) is 4.90 Å². The molecule has 41 heavy (non-hydrogen) atoms.